The Balaban J connectivity index is 1.75. The van der Waals surface area contributed by atoms with Gasteiger partial charge in [-0.2, -0.15) is 0 Å². The first-order valence-electron chi connectivity index (χ1n) is 7.12. The van der Waals surface area contributed by atoms with Crippen LogP contribution in [0.15, 0.2) is 59.0 Å². The smallest absolute Gasteiger partial charge is 0.287 e. The molecule has 1 aromatic heterocycles. The van der Waals surface area contributed by atoms with E-state index in [-0.39, 0.29) is 17.3 Å². The molecular formula is C17H15N3O2S. The van der Waals surface area contributed by atoms with Gasteiger partial charge < -0.3 is 9.73 Å². The van der Waals surface area contributed by atoms with Crippen LogP contribution in [0.4, 0.5) is 5.69 Å². The highest BCUT2D eigenvalue weighted by Crippen LogP contribution is 2.18. The number of aromatic nitrogens is 2. The highest BCUT2D eigenvalue weighted by Gasteiger charge is 2.11. The van der Waals surface area contributed by atoms with Crippen molar-refractivity contribution in [3.8, 4) is 11.5 Å². The maximum Gasteiger partial charge on any atom is 0.287 e. The van der Waals surface area contributed by atoms with Crippen LogP contribution in [0.2, 0.25) is 0 Å². The summed E-state index contributed by atoms with van der Waals surface area (Å²) in [5.74, 6) is 0.193. The van der Waals surface area contributed by atoms with Gasteiger partial charge >= 0.3 is 0 Å². The lowest BCUT2D eigenvalue weighted by molar-refractivity contribution is -0.117. The molecule has 0 radical (unpaired) electrons. The lowest BCUT2D eigenvalue weighted by Crippen LogP contribution is -2.19. The number of amides is 1. The number of anilines is 1. The summed E-state index contributed by atoms with van der Waals surface area (Å²) in [6.07, 6.45) is 0. The Morgan fingerprint density at radius 2 is 1.87 bits per heavy atom. The molecule has 6 heteroatoms. The zero-order chi connectivity index (χ0) is 16.2. The molecule has 2 aromatic carbocycles. The van der Waals surface area contributed by atoms with Gasteiger partial charge in [0.1, 0.15) is 6.54 Å². The van der Waals surface area contributed by atoms with E-state index in [1.54, 1.807) is 0 Å². The third-order valence-corrected chi connectivity index (χ3v) is 3.55. The van der Waals surface area contributed by atoms with Crippen molar-refractivity contribution < 1.29 is 9.21 Å². The van der Waals surface area contributed by atoms with Crippen molar-refractivity contribution in [3.63, 3.8) is 0 Å². The van der Waals surface area contributed by atoms with E-state index < -0.39 is 0 Å². The van der Waals surface area contributed by atoms with Gasteiger partial charge in [0.2, 0.25) is 11.8 Å². The molecule has 3 rings (SSSR count). The second-order valence-electron chi connectivity index (χ2n) is 5.11. The summed E-state index contributed by atoms with van der Waals surface area (Å²) in [6.45, 7) is 2.01. The molecule has 0 spiro atoms. The van der Waals surface area contributed by atoms with Crippen LogP contribution in [0, 0.1) is 11.8 Å². The van der Waals surface area contributed by atoms with Crippen molar-refractivity contribution in [1.82, 2.24) is 9.78 Å². The van der Waals surface area contributed by atoms with Gasteiger partial charge in [-0.1, -0.05) is 35.9 Å². The predicted octanol–water partition coefficient (Wildman–Crippen LogP) is 3.82. The zero-order valence-corrected chi connectivity index (χ0v) is 13.3. The first-order valence-corrected chi connectivity index (χ1v) is 7.52. The van der Waals surface area contributed by atoms with Crippen LogP contribution >= 0.6 is 12.2 Å². The minimum atomic E-state index is -0.212. The van der Waals surface area contributed by atoms with E-state index in [2.05, 4.69) is 10.4 Å². The Morgan fingerprint density at radius 3 is 2.57 bits per heavy atom. The van der Waals surface area contributed by atoms with Crippen LogP contribution in [0.5, 0.6) is 0 Å². The zero-order valence-electron chi connectivity index (χ0n) is 12.5. The first-order chi connectivity index (χ1) is 11.1. The molecule has 0 fully saturated rings. The summed E-state index contributed by atoms with van der Waals surface area (Å²) in [4.78, 5) is 12.2. The SMILES string of the molecule is Cc1ccc(-c2nn(CC(=O)Nc3ccccc3)c(=S)o2)cc1. The maximum atomic E-state index is 12.1. The topological polar surface area (TPSA) is 60.1 Å². The first kappa shape index (κ1) is 15.2. The Labute approximate surface area is 138 Å². The molecule has 0 aliphatic rings. The van der Waals surface area contributed by atoms with Crippen molar-refractivity contribution in [3.05, 3.63) is 65.0 Å². The molecule has 0 aliphatic carbocycles. The normalized spacial score (nSPS) is 10.5. The molecule has 1 N–H and O–H groups in total. The number of rotatable bonds is 4. The fourth-order valence-electron chi connectivity index (χ4n) is 2.08. The summed E-state index contributed by atoms with van der Waals surface area (Å²) in [5.41, 5.74) is 2.70. The number of hydrogen-bond donors (Lipinski definition) is 1. The Bertz CT molecular complexity index is 867. The Hall–Kier alpha value is -2.73. The monoisotopic (exact) mass is 325 g/mol. The molecule has 1 amide bonds. The van der Waals surface area contributed by atoms with Crippen LogP contribution in [0.25, 0.3) is 11.5 Å². The molecule has 0 bridgehead atoms. The maximum absolute atomic E-state index is 12.1. The average Bonchev–Trinajstić information content (AvgIpc) is 2.90. The lowest BCUT2D eigenvalue weighted by atomic mass is 10.1. The summed E-state index contributed by atoms with van der Waals surface area (Å²) in [5, 5.41) is 7.06. The molecule has 0 aliphatic heterocycles. The van der Waals surface area contributed by atoms with Gasteiger partial charge in [-0.25, -0.2) is 4.68 Å². The van der Waals surface area contributed by atoms with Crippen molar-refractivity contribution in [1.29, 1.82) is 0 Å². The quantitative estimate of drug-likeness (QED) is 0.741. The van der Waals surface area contributed by atoms with Crippen molar-refractivity contribution >= 4 is 23.8 Å². The van der Waals surface area contributed by atoms with E-state index in [4.69, 9.17) is 16.6 Å². The molecule has 3 aromatic rings. The number of para-hydroxylation sites is 1. The standard InChI is InChI=1S/C17H15N3O2S/c1-12-7-9-13(10-8-12)16-19-20(17(23)22-16)11-15(21)18-14-5-3-2-4-6-14/h2-10H,11H2,1H3,(H,18,21). The molecule has 116 valence electrons. The highest BCUT2D eigenvalue weighted by molar-refractivity contribution is 7.71. The van der Waals surface area contributed by atoms with Gasteiger partial charge in [0.15, 0.2) is 0 Å². The average molecular weight is 325 g/mol. The number of carbonyl (C=O) groups excluding carboxylic acids is 1. The van der Waals surface area contributed by atoms with Gasteiger partial charge in [-0.15, -0.1) is 5.10 Å². The van der Waals surface area contributed by atoms with E-state index in [1.807, 2.05) is 61.5 Å². The van der Waals surface area contributed by atoms with Gasteiger partial charge in [0.05, 0.1) is 0 Å². The number of nitrogens with one attached hydrogen (secondary N) is 1. The van der Waals surface area contributed by atoms with Gasteiger partial charge in [-0.05, 0) is 43.4 Å². The van der Waals surface area contributed by atoms with Gasteiger partial charge in [-0.3, -0.25) is 4.79 Å². The van der Waals surface area contributed by atoms with Crippen LogP contribution < -0.4 is 5.32 Å². The second-order valence-corrected chi connectivity index (χ2v) is 5.46. The molecule has 0 atom stereocenters. The molecule has 0 saturated heterocycles. The molecule has 23 heavy (non-hydrogen) atoms. The van der Waals surface area contributed by atoms with Crippen molar-refractivity contribution in [2.45, 2.75) is 13.5 Å². The van der Waals surface area contributed by atoms with Crippen molar-refractivity contribution in [2.24, 2.45) is 0 Å². The molecule has 0 saturated carbocycles. The van der Waals surface area contributed by atoms with Crippen LogP contribution in [-0.2, 0) is 11.3 Å². The molecule has 0 unspecified atom stereocenters. The van der Waals surface area contributed by atoms with E-state index in [0.717, 1.165) is 16.8 Å². The third-order valence-electron chi connectivity index (χ3n) is 3.26. The highest BCUT2D eigenvalue weighted by atomic mass is 32.1. The summed E-state index contributed by atoms with van der Waals surface area (Å²) < 4.78 is 6.86. The van der Waals surface area contributed by atoms with Crippen LogP contribution in [0.1, 0.15) is 5.56 Å². The van der Waals surface area contributed by atoms with Gasteiger partial charge in [0, 0.05) is 11.3 Å². The number of carbonyl (C=O) groups is 1. The lowest BCUT2D eigenvalue weighted by Gasteiger charge is -2.03. The fourth-order valence-corrected chi connectivity index (χ4v) is 2.26. The number of aryl methyl sites for hydroxylation is 1. The predicted molar refractivity (Wildman–Crippen MR) is 90.6 cm³/mol. The van der Waals surface area contributed by atoms with Crippen LogP contribution in [-0.4, -0.2) is 15.7 Å². The molecular weight excluding hydrogens is 310 g/mol. The van der Waals surface area contributed by atoms with E-state index in [0.29, 0.717) is 5.89 Å². The van der Waals surface area contributed by atoms with Crippen LogP contribution in [0.3, 0.4) is 0 Å². The third kappa shape index (κ3) is 3.73. The summed E-state index contributed by atoms with van der Waals surface area (Å²) in [6, 6.07) is 17.0. The Kier molecular flexibility index (Phi) is 4.34. The number of hydrogen-bond acceptors (Lipinski definition) is 4. The molecule has 1 heterocycles. The minimum Gasteiger partial charge on any atom is -0.409 e. The largest absolute Gasteiger partial charge is 0.409 e. The molecule has 5 nitrogen and oxygen atoms in total. The minimum absolute atomic E-state index is 0.00306. The number of nitrogens with zero attached hydrogens (tertiary/aromatic N) is 2. The van der Waals surface area contributed by atoms with E-state index in [9.17, 15) is 4.79 Å². The van der Waals surface area contributed by atoms with Crippen molar-refractivity contribution in [2.75, 3.05) is 5.32 Å². The summed E-state index contributed by atoms with van der Waals surface area (Å²) in [7, 11) is 0. The summed E-state index contributed by atoms with van der Waals surface area (Å²) >= 11 is 5.14. The second kappa shape index (κ2) is 6.58. The number of benzene rings is 2. The van der Waals surface area contributed by atoms with Gasteiger partial charge in [0.25, 0.3) is 4.84 Å². The fraction of sp³-hybridized carbons (Fsp3) is 0.118. The van der Waals surface area contributed by atoms with E-state index >= 15 is 0 Å². The van der Waals surface area contributed by atoms with E-state index in [1.165, 1.54) is 4.68 Å². The Morgan fingerprint density at radius 1 is 1.17 bits per heavy atom.